The van der Waals surface area contributed by atoms with Crippen molar-refractivity contribution in [2.45, 2.75) is 37.5 Å². The Kier molecular flexibility index (Phi) is 1.66. The third kappa shape index (κ3) is 1.60. The van der Waals surface area contributed by atoms with Gasteiger partial charge < -0.3 is 0 Å². The van der Waals surface area contributed by atoms with Crippen molar-refractivity contribution in [2.24, 2.45) is 0 Å². The maximum atomic E-state index is 6.07. The van der Waals surface area contributed by atoms with Crippen LogP contribution in [0.5, 0.6) is 0 Å². The largest absolute Gasteiger partial charge is 0.0843 e. The minimum atomic E-state index is 0.774. The van der Waals surface area contributed by atoms with Crippen LogP contribution in [0.4, 0.5) is 0 Å². The van der Waals surface area contributed by atoms with Gasteiger partial charge in [0.25, 0.3) is 0 Å². The zero-order valence-electron chi connectivity index (χ0n) is 7.52. The second-order valence-electron chi connectivity index (χ2n) is 4.26. The summed E-state index contributed by atoms with van der Waals surface area (Å²) in [7, 11) is 0. The first-order valence-corrected chi connectivity index (χ1v) is 5.43. The molecule has 3 rings (SSSR count). The van der Waals surface area contributed by atoms with Gasteiger partial charge in [0.1, 0.15) is 0 Å². The van der Waals surface area contributed by atoms with Crippen LogP contribution < -0.4 is 0 Å². The highest BCUT2D eigenvalue weighted by atomic mass is 35.5. The van der Waals surface area contributed by atoms with Gasteiger partial charge in [-0.3, -0.25) is 0 Å². The normalized spacial score (nSPS) is 21.9. The fourth-order valence-electron chi connectivity index (χ4n) is 1.81. The van der Waals surface area contributed by atoms with E-state index in [9.17, 15) is 0 Å². The summed E-state index contributed by atoms with van der Waals surface area (Å²) in [5.74, 6) is 1.55. The summed E-state index contributed by atoms with van der Waals surface area (Å²) in [5, 5.41) is 0.905. The Bertz CT molecular complexity index is 305. The Balaban J connectivity index is 1.99. The van der Waals surface area contributed by atoms with Crippen LogP contribution in [0.3, 0.4) is 0 Å². The van der Waals surface area contributed by atoms with E-state index in [0.717, 1.165) is 16.9 Å². The predicted molar refractivity (Wildman–Crippen MR) is 54.2 cm³/mol. The molecule has 1 heteroatoms. The lowest BCUT2D eigenvalue weighted by Gasteiger charge is -2.03. The molecule has 0 atom stereocenters. The van der Waals surface area contributed by atoms with E-state index in [2.05, 4.69) is 18.2 Å². The Morgan fingerprint density at radius 3 is 1.85 bits per heavy atom. The molecule has 0 N–H and O–H groups in total. The van der Waals surface area contributed by atoms with Gasteiger partial charge in [-0.15, -0.1) is 0 Å². The van der Waals surface area contributed by atoms with Crippen LogP contribution in [0.25, 0.3) is 0 Å². The molecule has 0 amide bonds. The molecule has 1 aromatic carbocycles. The van der Waals surface area contributed by atoms with Gasteiger partial charge in [0.15, 0.2) is 0 Å². The lowest BCUT2D eigenvalue weighted by Crippen LogP contribution is -1.86. The van der Waals surface area contributed by atoms with Gasteiger partial charge in [-0.25, -0.2) is 0 Å². The van der Waals surface area contributed by atoms with Crippen molar-refractivity contribution in [2.75, 3.05) is 0 Å². The number of benzene rings is 1. The number of rotatable bonds is 2. The highest BCUT2D eigenvalue weighted by Crippen LogP contribution is 2.45. The van der Waals surface area contributed by atoms with Crippen molar-refractivity contribution in [3.8, 4) is 0 Å². The summed E-state index contributed by atoms with van der Waals surface area (Å²) in [4.78, 5) is 0. The molecular formula is C12H12Cl. The average molecular weight is 192 g/mol. The van der Waals surface area contributed by atoms with E-state index in [-0.39, 0.29) is 0 Å². The molecular weight excluding hydrogens is 180 g/mol. The molecule has 2 aliphatic rings. The van der Waals surface area contributed by atoms with E-state index < -0.39 is 0 Å². The molecule has 2 aliphatic carbocycles. The third-order valence-corrected chi connectivity index (χ3v) is 3.13. The summed E-state index contributed by atoms with van der Waals surface area (Å²) in [6, 6.07) is 7.70. The standard InChI is InChI=1S/C12H12Cl/c13-12-6-10(8-1-2-8)5-11(7-12)9-3-4-9/h6-9H,1-4H2. The molecule has 1 aromatic rings. The van der Waals surface area contributed by atoms with Crippen molar-refractivity contribution in [1.29, 1.82) is 0 Å². The molecule has 0 aromatic heterocycles. The SMILES string of the molecule is Clc1cc(C2CC2)[c]c(C2CC2)c1. The molecule has 1 radical (unpaired) electrons. The second-order valence-corrected chi connectivity index (χ2v) is 4.69. The topological polar surface area (TPSA) is 0 Å². The summed E-state index contributed by atoms with van der Waals surface area (Å²) >= 11 is 6.07. The lowest BCUT2D eigenvalue weighted by atomic mass is 10.0. The number of halogens is 1. The zero-order chi connectivity index (χ0) is 8.84. The fraction of sp³-hybridized carbons (Fsp3) is 0.500. The van der Waals surface area contributed by atoms with Crippen molar-refractivity contribution in [3.05, 3.63) is 34.3 Å². The minimum Gasteiger partial charge on any atom is -0.0843 e. The summed E-state index contributed by atoms with van der Waals surface area (Å²) in [5.41, 5.74) is 2.71. The monoisotopic (exact) mass is 191 g/mol. The molecule has 0 unspecified atom stereocenters. The van der Waals surface area contributed by atoms with E-state index in [0.29, 0.717) is 0 Å². The van der Waals surface area contributed by atoms with E-state index in [1.54, 1.807) is 0 Å². The maximum Gasteiger partial charge on any atom is 0.0412 e. The summed E-state index contributed by atoms with van der Waals surface area (Å²) in [6.45, 7) is 0. The van der Waals surface area contributed by atoms with Crippen LogP contribution in [-0.4, -0.2) is 0 Å². The van der Waals surface area contributed by atoms with Crippen molar-refractivity contribution in [1.82, 2.24) is 0 Å². The van der Waals surface area contributed by atoms with Gasteiger partial charge >= 0.3 is 0 Å². The maximum absolute atomic E-state index is 6.07. The van der Waals surface area contributed by atoms with Crippen molar-refractivity contribution in [3.63, 3.8) is 0 Å². The molecule has 13 heavy (non-hydrogen) atoms. The number of hydrogen-bond acceptors (Lipinski definition) is 0. The Hall–Kier alpha value is -0.490. The first-order valence-electron chi connectivity index (χ1n) is 5.05. The van der Waals surface area contributed by atoms with E-state index >= 15 is 0 Å². The smallest absolute Gasteiger partial charge is 0.0412 e. The van der Waals surface area contributed by atoms with Crippen LogP contribution >= 0.6 is 11.6 Å². The van der Waals surface area contributed by atoms with Gasteiger partial charge in [0.05, 0.1) is 0 Å². The highest BCUT2D eigenvalue weighted by Gasteiger charge is 2.28. The molecule has 0 spiro atoms. The first kappa shape index (κ1) is 7.87. The molecule has 0 nitrogen and oxygen atoms in total. The Morgan fingerprint density at radius 2 is 1.46 bits per heavy atom. The fourth-order valence-corrected chi connectivity index (χ4v) is 2.04. The van der Waals surface area contributed by atoms with E-state index in [4.69, 9.17) is 11.6 Å². The van der Waals surface area contributed by atoms with Crippen molar-refractivity contribution >= 4 is 11.6 Å². The quantitative estimate of drug-likeness (QED) is 0.665. The van der Waals surface area contributed by atoms with E-state index in [1.165, 1.54) is 36.8 Å². The first-order chi connectivity index (χ1) is 6.33. The van der Waals surface area contributed by atoms with Crippen LogP contribution in [0.15, 0.2) is 12.1 Å². The average Bonchev–Trinajstić information content (AvgIpc) is 2.98. The lowest BCUT2D eigenvalue weighted by molar-refractivity contribution is 1.07. The summed E-state index contributed by atoms with van der Waals surface area (Å²) in [6.07, 6.45) is 5.34. The molecule has 0 heterocycles. The van der Waals surface area contributed by atoms with Gasteiger partial charge in [-0.2, -0.15) is 0 Å². The van der Waals surface area contributed by atoms with Crippen LogP contribution in [-0.2, 0) is 0 Å². The molecule has 0 aliphatic heterocycles. The van der Waals surface area contributed by atoms with Crippen LogP contribution in [0.2, 0.25) is 5.02 Å². The summed E-state index contributed by atoms with van der Waals surface area (Å²) < 4.78 is 0. The van der Waals surface area contributed by atoms with E-state index in [1.807, 2.05) is 0 Å². The number of hydrogen-bond donors (Lipinski definition) is 0. The molecule has 0 bridgehead atoms. The van der Waals surface area contributed by atoms with Gasteiger partial charge in [-0.1, -0.05) is 11.6 Å². The Labute approximate surface area is 83.9 Å². The highest BCUT2D eigenvalue weighted by molar-refractivity contribution is 6.30. The second kappa shape index (κ2) is 2.75. The Morgan fingerprint density at radius 1 is 1.00 bits per heavy atom. The molecule has 67 valence electrons. The van der Waals surface area contributed by atoms with Crippen LogP contribution in [0, 0.1) is 6.07 Å². The van der Waals surface area contributed by atoms with Gasteiger partial charge in [-0.05, 0) is 66.8 Å². The van der Waals surface area contributed by atoms with Gasteiger partial charge in [0.2, 0.25) is 0 Å². The zero-order valence-corrected chi connectivity index (χ0v) is 8.27. The van der Waals surface area contributed by atoms with Crippen LogP contribution in [0.1, 0.15) is 48.6 Å². The van der Waals surface area contributed by atoms with Crippen molar-refractivity contribution < 1.29 is 0 Å². The van der Waals surface area contributed by atoms with Gasteiger partial charge in [0, 0.05) is 5.02 Å². The third-order valence-electron chi connectivity index (χ3n) is 2.91. The minimum absolute atomic E-state index is 0.774. The molecule has 2 fully saturated rings. The predicted octanol–water partition coefficient (Wildman–Crippen LogP) is 3.89. The molecule has 2 saturated carbocycles. The molecule has 0 saturated heterocycles.